The molecule has 38 heavy (non-hydrogen) atoms. The molecule has 5 aromatic carbocycles. The van der Waals surface area contributed by atoms with Crippen molar-refractivity contribution in [1.82, 2.24) is 9.97 Å². The molecule has 0 unspecified atom stereocenters. The minimum absolute atomic E-state index is 1.12. The van der Waals surface area contributed by atoms with Crippen molar-refractivity contribution >= 4 is 21.5 Å². The number of pyridine rings is 2. The standard InChI is InChI=1S/C36H24N2/c1-2-16-32-31(15-1)35(27-11-5-9-25(21-27)29-13-7-19-37-23-29)33-17-3-4-18-34(33)36(32)28-12-6-10-26(22-28)30-14-8-20-38-24-30/h1-24H. The smallest absolute Gasteiger partial charge is 0.0346 e. The van der Waals surface area contributed by atoms with Crippen LogP contribution in [0.5, 0.6) is 0 Å². The molecule has 2 nitrogen and oxygen atoms in total. The summed E-state index contributed by atoms with van der Waals surface area (Å²) in [4.78, 5) is 8.67. The average Bonchev–Trinajstić information content (AvgIpc) is 3.01. The van der Waals surface area contributed by atoms with Crippen LogP contribution in [0.4, 0.5) is 0 Å². The molecule has 0 N–H and O–H groups in total. The van der Waals surface area contributed by atoms with Gasteiger partial charge in [-0.2, -0.15) is 0 Å². The van der Waals surface area contributed by atoms with Gasteiger partial charge in [0.2, 0.25) is 0 Å². The predicted molar refractivity (Wildman–Crippen MR) is 159 cm³/mol. The van der Waals surface area contributed by atoms with Gasteiger partial charge in [-0.25, -0.2) is 0 Å². The summed E-state index contributed by atoms with van der Waals surface area (Å²) >= 11 is 0. The van der Waals surface area contributed by atoms with E-state index in [1.54, 1.807) is 0 Å². The van der Waals surface area contributed by atoms with Gasteiger partial charge in [-0.05, 0) is 79.2 Å². The van der Waals surface area contributed by atoms with Crippen molar-refractivity contribution < 1.29 is 0 Å². The highest BCUT2D eigenvalue weighted by molar-refractivity contribution is 6.21. The van der Waals surface area contributed by atoms with Crippen LogP contribution in [0.1, 0.15) is 0 Å². The Morgan fingerprint density at radius 3 is 1.05 bits per heavy atom. The second-order valence-corrected chi connectivity index (χ2v) is 9.49. The van der Waals surface area contributed by atoms with Crippen molar-refractivity contribution in [2.24, 2.45) is 0 Å². The van der Waals surface area contributed by atoms with Gasteiger partial charge in [0.1, 0.15) is 0 Å². The van der Waals surface area contributed by atoms with Gasteiger partial charge in [0.05, 0.1) is 0 Å². The molecule has 0 aliphatic carbocycles. The van der Waals surface area contributed by atoms with Gasteiger partial charge in [0.25, 0.3) is 0 Å². The van der Waals surface area contributed by atoms with E-state index in [1.807, 2.05) is 36.9 Å². The highest BCUT2D eigenvalue weighted by Gasteiger charge is 2.17. The van der Waals surface area contributed by atoms with Crippen LogP contribution in [0.3, 0.4) is 0 Å². The quantitative estimate of drug-likeness (QED) is 0.233. The molecule has 0 bridgehead atoms. The minimum atomic E-state index is 1.12. The molecule has 0 spiro atoms. The molecule has 2 heterocycles. The third-order valence-electron chi connectivity index (χ3n) is 7.22. The van der Waals surface area contributed by atoms with E-state index in [-0.39, 0.29) is 0 Å². The molecular weight excluding hydrogens is 460 g/mol. The third kappa shape index (κ3) is 3.84. The summed E-state index contributed by atoms with van der Waals surface area (Å²) in [7, 11) is 0. The molecule has 0 saturated carbocycles. The van der Waals surface area contributed by atoms with Gasteiger partial charge in [-0.3, -0.25) is 9.97 Å². The molecule has 2 aromatic heterocycles. The Bertz CT molecular complexity index is 1710. The zero-order valence-corrected chi connectivity index (χ0v) is 20.8. The molecule has 0 saturated heterocycles. The number of benzene rings is 5. The molecule has 2 heteroatoms. The van der Waals surface area contributed by atoms with Crippen LogP contribution < -0.4 is 0 Å². The van der Waals surface area contributed by atoms with Gasteiger partial charge in [0, 0.05) is 35.9 Å². The lowest BCUT2D eigenvalue weighted by Crippen LogP contribution is -1.91. The largest absolute Gasteiger partial charge is 0.264 e. The summed E-state index contributed by atoms with van der Waals surface area (Å²) < 4.78 is 0. The predicted octanol–water partition coefficient (Wildman–Crippen LogP) is 9.45. The first kappa shape index (κ1) is 22.1. The van der Waals surface area contributed by atoms with Crippen LogP contribution in [0.25, 0.3) is 66.1 Å². The van der Waals surface area contributed by atoms with E-state index in [9.17, 15) is 0 Å². The molecule has 7 rings (SSSR count). The van der Waals surface area contributed by atoms with Crippen molar-refractivity contribution in [3.05, 3.63) is 146 Å². The minimum Gasteiger partial charge on any atom is -0.264 e. The lowest BCUT2D eigenvalue weighted by molar-refractivity contribution is 1.33. The van der Waals surface area contributed by atoms with E-state index in [0.29, 0.717) is 0 Å². The number of hydrogen-bond donors (Lipinski definition) is 0. The topological polar surface area (TPSA) is 25.8 Å². The van der Waals surface area contributed by atoms with Gasteiger partial charge >= 0.3 is 0 Å². The molecular formula is C36H24N2. The Morgan fingerprint density at radius 1 is 0.316 bits per heavy atom. The number of aromatic nitrogens is 2. The number of fused-ring (bicyclic) bond motifs is 2. The monoisotopic (exact) mass is 484 g/mol. The fourth-order valence-corrected chi connectivity index (χ4v) is 5.53. The first-order valence-corrected chi connectivity index (χ1v) is 12.8. The van der Waals surface area contributed by atoms with E-state index < -0.39 is 0 Å². The summed E-state index contributed by atoms with van der Waals surface area (Å²) in [6.45, 7) is 0. The lowest BCUT2D eigenvalue weighted by atomic mass is 9.85. The molecule has 0 aliphatic rings. The fraction of sp³-hybridized carbons (Fsp3) is 0. The maximum Gasteiger partial charge on any atom is 0.0346 e. The van der Waals surface area contributed by atoms with Gasteiger partial charge in [-0.15, -0.1) is 0 Å². The highest BCUT2D eigenvalue weighted by Crippen LogP contribution is 2.44. The second kappa shape index (κ2) is 9.42. The van der Waals surface area contributed by atoms with Crippen molar-refractivity contribution in [3.8, 4) is 44.5 Å². The number of rotatable bonds is 4. The molecule has 7 aromatic rings. The van der Waals surface area contributed by atoms with Gasteiger partial charge in [0.15, 0.2) is 0 Å². The summed E-state index contributed by atoms with van der Waals surface area (Å²) in [5.74, 6) is 0. The first-order valence-electron chi connectivity index (χ1n) is 12.8. The Balaban J connectivity index is 1.51. The van der Waals surface area contributed by atoms with E-state index >= 15 is 0 Å². The average molecular weight is 485 g/mol. The maximum atomic E-state index is 4.33. The molecule has 0 fully saturated rings. The van der Waals surface area contributed by atoms with Gasteiger partial charge in [-0.1, -0.05) is 97.1 Å². The van der Waals surface area contributed by atoms with E-state index in [1.165, 1.54) is 43.8 Å². The lowest BCUT2D eigenvalue weighted by Gasteiger charge is -2.18. The maximum absolute atomic E-state index is 4.33. The Morgan fingerprint density at radius 2 is 0.684 bits per heavy atom. The molecule has 0 radical (unpaired) electrons. The van der Waals surface area contributed by atoms with Crippen LogP contribution in [-0.2, 0) is 0 Å². The van der Waals surface area contributed by atoms with Crippen LogP contribution in [0.15, 0.2) is 146 Å². The third-order valence-corrected chi connectivity index (χ3v) is 7.22. The van der Waals surface area contributed by atoms with Crippen LogP contribution in [-0.4, -0.2) is 9.97 Å². The molecule has 0 atom stereocenters. The van der Waals surface area contributed by atoms with E-state index in [4.69, 9.17) is 0 Å². The SMILES string of the molecule is c1cncc(-c2cccc(-c3c4ccccc4c(-c4cccc(-c5cccnc5)c4)c4ccccc34)c2)c1. The summed E-state index contributed by atoms with van der Waals surface area (Å²) in [5.41, 5.74) is 9.49. The van der Waals surface area contributed by atoms with Gasteiger partial charge < -0.3 is 0 Å². The fourth-order valence-electron chi connectivity index (χ4n) is 5.53. The molecule has 0 amide bonds. The Labute approximate surface area is 221 Å². The first-order chi connectivity index (χ1) is 18.9. The van der Waals surface area contributed by atoms with E-state index in [0.717, 1.165) is 22.3 Å². The Hall–Kier alpha value is -5.08. The zero-order valence-electron chi connectivity index (χ0n) is 20.8. The van der Waals surface area contributed by atoms with Crippen molar-refractivity contribution in [2.75, 3.05) is 0 Å². The van der Waals surface area contributed by atoms with Crippen LogP contribution in [0, 0.1) is 0 Å². The van der Waals surface area contributed by atoms with Crippen molar-refractivity contribution in [1.29, 1.82) is 0 Å². The van der Waals surface area contributed by atoms with Crippen LogP contribution >= 0.6 is 0 Å². The second-order valence-electron chi connectivity index (χ2n) is 9.49. The zero-order chi connectivity index (χ0) is 25.3. The summed E-state index contributed by atoms with van der Waals surface area (Å²) in [5, 5.41) is 4.99. The van der Waals surface area contributed by atoms with Crippen LogP contribution in [0.2, 0.25) is 0 Å². The number of hydrogen-bond acceptors (Lipinski definition) is 2. The Kier molecular flexibility index (Phi) is 5.49. The van der Waals surface area contributed by atoms with Crippen molar-refractivity contribution in [3.63, 3.8) is 0 Å². The summed E-state index contributed by atoms with van der Waals surface area (Å²) in [6, 6.07) is 43.4. The van der Waals surface area contributed by atoms with E-state index in [2.05, 4.69) is 119 Å². The summed E-state index contributed by atoms with van der Waals surface area (Å²) in [6.07, 6.45) is 7.48. The molecule has 0 aliphatic heterocycles. The van der Waals surface area contributed by atoms with Crippen molar-refractivity contribution in [2.45, 2.75) is 0 Å². The number of nitrogens with zero attached hydrogens (tertiary/aromatic N) is 2. The molecule has 178 valence electrons. The highest BCUT2D eigenvalue weighted by atomic mass is 14.6. The normalized spacial score (nSPS) is 11.2.